The lowest BCUT2D eigenvalue weighted by molar-refractivity contribution is -0.163. The minimum absolute atomic E-state index is 0.0311. The summed E-state index contributed by atoms with van der Waals surface area (Å²) in [6.07, 6.45) is -2.35. The number of nitrogens with zero attached hydrogens (tertiary/aromatic N) is 2. The van der Waals surface area contributed by atoms with Gasteiger partial charge in [-0.15, -0.1) is 0 Å². The van der Waals surface area contributed by atoms with E-state index in [0.717, 1.165) is 11.3 Å². The fraction of sp³-hybridized carbons (Fsp3) is 0.643. The summed E-state index contributed by atoms with van der Waals surface area (Å²) < 4.78 is 43.0. The molecule has 1 aromatic rings. The number of alkyl halides is 3. The van der Waals surface area contributed by atoms with Crippen molar-refractivity contribution >= 4 is 5.91 Å². The molecule has 2 rings (SSSR count). The van der Waals surface area contributed by atoms with Crippen molar-refractivity contribution in [2.24, 2.45) is 5.92 Å². The monoisotopic (exact) mass is 320 g/mol. The topological polar surface area (TPSA) is 56.9 Å². The van der Waals surface area contributed by atoms with Crippen molar-refractivity contribution in [1.29, 1.82) is 0 Å². The highest BCUT2D eigenvalue weighted by Gasteiger charge is 2.34. The molecule has 1 N–H and O–H groups in total. The van der Waals surface area contributed by atoms with Crippen molar-refractivity contribution in [3.05, 3.63) is 24.2 Å². The van der Waals surface area contributed by atoms with Gasteiger partial charge in [0.25, 0.3) is 0 Å². The highest BCUT2D eigenvalue weighted by atomic mass is 19.4. The Hall–Kier alpha value is -1.54. The second-order valence-electron chi connectivity index (χ2n) is 5.52. The molecule has 1 fully saturated rings. The van der Waals surface area contributed by atoms with Gasteiger partial charge in [-0.05, 0) is 31.0 Å². The van der Waals surface area contributed by atoms with Crippen LogP contribution in [0.2, 0.25) is 0 Å². The lowest BCUT2D eigenvalue weighted by Gasteiger charge is -2.25. The number of aliphatic hydroxyl groups excluding tert-OH is 1. The molecule has 124 valence electrons. The molecule has 1 atom stereocenters. The van der Waals surface area contributed by atoms with Gasteiger partial charge in [0.05, 0.1) is 19.4 Å². The number of carbonyl (C=O) groups excluding carboxylic acids is 1. The van der Waals surface area contributed by atoms with Crippen LogP contribution in [-0.4, -0.2) is 59.8 Å². The molecule has 5 nitrogen and oxygen atoms in total. The molecule has 1 unspecified atom stereocenters. The molecule has 0 saturated carbocycles. The van der Waals surface area contributed by atoms with Crippen LogP contribution < -0.4 is 0 Å². The van der Waals surface area contributed by atoms with Gasteiger partial charge in [-0.2, -0.15) is 13.2 Å². The summed E-state index contributed by atoms with van der Waals surface area (Å²) in [7, 11) is 0. The lowest BCUT2D eigenvalue weighted by atomic mass is 10.1. The Kier molecular flexibility index (Phi) is 5.47. The molecule has 1 aliphatic heterocycles. The first kappa shape index (κ1) is 16.8. The Balaban J connectivity index is 1.96. The van der Waals surface area contributed by atoms with E-state index in [4.69, 9.17) is 9.52 Å². The molecule has 22 heavy (non-hydrogen) atoms. The second-order valence-corrected chi connectivity index (χ2v) is 5.52. The maximum Gasteiger partial charge on any atom is 0.406 e. The van der Waals surface area contributed by atoms with E-state index in [-0.39, 0.29) is 25.6 Å². The molecule has 1 aliphatic rings. The predicted molar refractivity (Wildman–Crippen MR) is 71.8 cm³/mol. The molecule has 8 heteroatoms. The summed E-state index contributed by atoms with van der Waals surface area (Å²) in [6, 6.07) is 3.10. The minimum Gasteiger partial charge on any atom is -0.467 e. The number of aliphatic hydroxyl groups is 1. The summed E-state index contributed by atoms with van der Waals surface area (Å²) in [6.45, 7) is -0.413. The van der Waals surface area contributed by atoms with Crippen LogP contribution in [0, 0.1) is 5.92 Å². The van der Waals surface area contributed by atoms with Gasteiger partial charge in [0.15, 0.2) is 0 Å². The van der Waals surface area contributed by atoms with E-state index < -0.39 is 18.6 Å². The summed E-state index contributed by atoms with van der Waals surface area (Å²) >= 11 is 0. The largest absolute Gasteiger partial charge is 0.467 e. The Morgan fingerprint density at radius 2 is 2.27 bits per heavy atom. The van der Waals surface area contributed by atoms with E-state index in [2.05, 4.69) is 0 Å². The van der Waals surface area contributed by atoms with E-state index in [0.29, 0.717) is 18.8 Å². The van der Waals surface area contributed by atoms with E-state index in [1.807, 2.05) is 0 Å². The predicted octanol–water partition coefficient (Wildman–Crippen LogP) is 1.48. The number of carbonyl (C=O) groups is 1. The van der Waals surface area contributed by atoms with E-state index in [1.54, 1.807) is 11.0 Å². The maximum absolute atomic E-state index is 12.7. The van der Waals surface area contributed by atoms with Gasteiger partial charge in [0, 0.05) is 13.2 Å². The molecule has 1 amide bonds. The Bertz CT molecular complexity index is 476. The summed E-state index contributed by atoms with van der Waals surface area (Å²) in [4.78, 5) is 14.7. The van der Waals surface area contributed by atoms with Crippen molar-refractivity contribution in [3.63, 3.8) is 0 Å². The molecule has 0 aromatic carbocycles. The third kappa shape index (κ3) is 5.03. The second kappa shape index (κ2) is 7.15. The van der Waals surface area contributed by atoms with Crippen LogP contribution in [-0.2, 0) is 11.3 Å². The fourth-order valence-electron chi connectivity index (χ4n) is 2.54. The molecule has 0 bridgehead atoms. The van der Waals surface area contributed by atoms with Crippen LogP contribution in [0.1, 0.15) is 12.2 Å². The van der Waals surface area contributed by atoms with E-state index in [9.17, 15) is 18.0 Å². The van der Waals surface area contributed by atoms with Crippen molar-refractivity contribution in [1.82, 2.24) is 9.80 Å². The zero-order valence-electron chi connectivity index (χ0n) is 12.1. The third-order valence-corrected chi connectivity index (χ3v) is 3.64. The fourth-order valence-corrected chi connectivity index (χ4v) is 2.54. The molecule has 0 spiro atoms. The van der Waals surface area contributed by atoms with Gasteiger partial charge < -0.3 is 14.4 Å². The van der Waals surface area contributed by atoms with Crippen molar-refractivity contribution in [3.8, 4) is 0 Å². The average molecular weight is 320 g/mol. The van der Waals surface area contributed by atoms with Crippen LogP contribution in [0.25, 0.3) is 0 Å². The minimum atomic E-state index is -4.46. The number of rotatable bonds is 6. The Morgan fingerprint density at radius 1 is 1.50 bits per heavy atom. The number of likely N-dealkylation sites (tertiary alicyclic amines) is 1. The molecular formula is C14H19F3N2O3. The number of furan rings is 1. The van der Waals surface area contributed by atoms with Crippen LogP contribution in [0.3, 0.4) is 0 Å². The first-order valence-corrected chi connectivity index (χ1v) is 7.07. The molecule has 1 saturated heterocycles. The van der Waals surface area contributed by atoms with Crippen molar-refractivity contribution in [2.75, 3.05) is 32.8 Å². The van der Waals surface area contributed by atoms with Gasteiger partial charge in [0.2, 0.25) is 5.91 Å². The van der Waals surface area contributed by atoms with Crippen LogP contribution in [0.15, 0.2) is 22.8 Å². The van der Waals surface area contributed by atoms with Gasteiger partial charge >= 0.3 is 6.18 Å². The SMILES string of the molecule is O=C(CN1CCC(CO)C1)N(Cc1ccco1)CC(F)(F)F. The lowest BCUT2D eigenvalue weighted by Crippen LogP contribution is -2.43. The van der Waals surface area contributed by atoms with Crippen molar-refractivity contribution in [2.45, 2.75) is 19.1 Å². The van der Waals surface area contributed by atoms with E-state index >= 15 is 0 Å². The third-order valence-electron chi connectivity index (χ3n) is 3.64. The first-order chi connectivity index (χ1) is 10.4. The van der Waals surface area contributed by atoms with Crippen LogP contribution in [0.5, 0.6) is 0 Å². The molecular weight excluding hydrogens is 301 g/mol. The summed E-state index contributed by atoms with van der Waals surface area (Å²) in [5, 5.41) is 9.07. The Morgan fingerprint density at radius 3 is 2.82 bits per heavy atom. The maximum atomic E-state index is 12.7. The quantitative estimate of drug-likeness (QED) is 0.863. The molecule has 0 aliphatic carbocycles. The number of hydrogen-bond donors (Lipinski definition) is 1. The number of amides is 1. The number of halogens is 3. The van der Waals surface area contributed by atoms with Crippen LogP contribution >= 0.6 is 0 Å². The highest BCUT2D eigenvalue weighted by molar-refractivity contribution is 5.78. The first-order valence-electron chi connectivity index (χ1n) is 7.07. The molecule has 0 radical (unpaired) electrons. The standard InChI is InChI=1S/C14H19F3N2O3/c15-14(16,17)10-19(7-12-2-1-5-22-12)13(21)8-18-4-3-11(6-18)9-20/h1-2,5,11,20H,3-4,6-10H2. The Labute approximate surface area is 126 Å². The average Bonchev–Trinajstić information content (AvgIpc) is 3.07. The van der Waals surface area contributed by atoms with Gasteiger partial charge in [-0.1, -0.05) is 0 Å². The smallest absolute Gasteiger partial charge is 0.406 e. The van der Waals surface area contributed by atoms with Crippen LogP contribution in [0.4, 0.5) is 13.2 Å². The van der Waals surface area contributed by atoms with Gasteiger partial charge in [-0.25, -0.2) is 0 Å². The highest BCUT2D eigenvalue weighted by Crippen LogP contribution is 2.20. The van der Waals surface area contributed by atoms with Gasteiger partial charge in [-0.3, -0.25) is 9.69 Å². The van der Waals surface area contributed by atoms with Crippen molar-refractivity contribution < 1.29 is 27.5 Å². The van der Waals surface area contributed by atoms with E-state index in [1.165, 1.54) is 12.3 Å². The zero-order valence-corrected chi connectivity index (χ0v) is 12.1. The molecule has 2 heterocycles. The zero-order chi connectivity index (χ0) is 16.2. The summed E-state index contributed by atoms with van der Waals surface area (Å²) in [5.41, 5.74) is 0. The summed E-state index contributed by atoms with van der Waals surface area (Å²) in [5.74, 6) is -0.187. The molecule has 1 aromatic heterocycles. The van der Waals surface area contributed by atoms with Gasteiger partial charge in [0.1, 0.15) is 12.3 Å². The normalized spacial score (nSPS) is 19.5. The number of hydrogen-bond acceptors (Lipinski definition) is 4.